The Hall–Kier alpha value is -3.76. The number of carbonyl (C=O) groups excluding carboxylic acids is 2. The number of ether oxygens (including phenoxy) is 6. The number of aromatic nitrogens is 2. The fourth-order valence-electron chi connectivity index (χ4n) is 3.64. The molecule has 0 saturated heterocycles. The van der Waals surface area contributed by atoms with Gasteiger partial charge in [0.1, 0.15) is 11.4 Å². The molecule has 0 atom stereocenters. The second-order valence-electron chi connectivity index (χ2n) is 7.38. The van der Waals surface area contributed by atoms with Crippen molar-refractivity contribution in [2.75, 3.05) is 41.7 Å². The zero-order valence-corrected chi connectivity index (χ0v) is 23.2. The van der Waals surface area contributed by atoms with Gasteiger partial charge in [-0.05, 0) is 38.1 Å². The molecule has 38 heavy (non-hydrogen) atoms. The fourth-order valence-corrected chi connectivity index (χ4v) is 4.28. The summed E-state index contributed by atoms with van der Waals surface area (Å²) >= 11 is 13.3. The van der Waals surface area contributed by atoms with Gasteiger partial charge in [0.2, 0.25) is 0 Å². The number of hydrogen-bond donors (Lipinski definition) is 0. The second-order valence-corrected chi connectivity index (χ2v) is 8.14. The molecule has 0 aliphatic carbocycles. The van der Waals surface area contributed by atoms with E-state index in [4.69, 9.17) is 51.6 Å². The van der Waals surface area contributed by atoms with Gasteiger partial charge in [-0.2, -0.15) is 0 Å². The zero-order valence-electron chi connectivity index (χ0n) is 21.6. The molecule has 0 aliphatic heterocycles. The van der Waals surface area contributed by atoms with Crippen LogP contribution in [-0.4, -0.2) is 63.6 Å². The minimum absolute atomic E-state index is 0.0298. The Labute approximate surface area is 229 Å². The van der Waals surface area contributed by atoms with E-state index in [-0.39, 0.29) is 68.7 Å². The summed E-state index contributed by atoms with van der Waals surface area (Å²) in [6, 6.07) is 6.29. The van der Waals surface area contributed by atoms with E-state index in [9.17, 15) is 9.59 Å². The summed E-state index contributed by atoms with van der Waals surface area (Å²) in [6.45, 7) is 3.42. The molecule has 2 aromatic carbocycles. The lowest BCUT2D eigenvalue weighted by Crippen LogP contribution is -2.17. The van der Waals surface area contributed by atoms with Crippen LogP contribution < -0.4 is 18.9 Å². The van der Waals surface area contributed by atoms with Crippen LogP contribution in [0.25, 0.3) is 22.5 Å². The van der Waals surface area contributed by atoms with Crippen LogP contribution in [-0.2, 0) is 9.47 Å². The Morgan fingerprint density at radius 1 is 0.658 bits per heavy atom. The molecule has 0 N–H and O–H groups in total. The number of methoxy groups -OCH3 is 4. The van der Waals surface area contributed by atoms with Crippen LogP contribution in [0, 0.1) is 0 Å². The molecule has 3 aromatic rings. The first kappa shape index (κ1) is 28.8. The van der Waals surface area contributed by atoms with E-state index in [1.165, 1.54) is 28.4 Å². The Morgan fingerprint density at radius 2 is 1.03 bits per heavy atom. The number of hydrogen-bond acceptors (Lipinski definition) is 10. The fraction of sp³-hybridized carbons (Fsp3) is 0.308. The summed E-state index contributed by atoms with van der Waals surface area (Å²) in [5, 5.41) is 0.164. The average Bonchev–Trinajstić information content (AvgIpc) is 2.92. The van der Waals surface area contributed by atoms with Crippen molar-refractivity contribution in [1.82, 2.24) is 9.97 Å². The summed E-state index contributed by atoms with van der Waals surface area (Å²) in [6.07, 6.45) is 0. The Balaban J connectivity index is 2.44. The van der Waals surface area contributed by atoms with Gasteiger partial charge in [-0.15, -0.1) is 0 Å². The molecule has 0 amide bonds. The minimum atomic E-state index is -0.797. The van der Waals surface area contributed by atoms with E-state index in [2.05, 4.69) is 9.97 Å². The predicted octanol–water partition coefficient (Wildman–Crippen LogP) is 5.51. The van der Waals surface area contributed by atoms with Crippen molar-refractivity contribution in [1.29, 1.82) is 0 Å². The quantitative estimate of drug-likeness (QED) is 0.292. The summed E-state index contributed by atoms with van der Waals surface area (Å²) in [4.78, 5) is 35.3. The lowest BCUT2D eigenvalue weighted by atomic mass is 10.0. The zero-order chi connectivity index (χ0) is 28.0. The number of halogens is 2. The standard InChI is InChI=1S/C26H26Cl2N2O8/c1-7-37-25(31)21-19(13-9-11-15(33-3)23(35-5)17(13)27)30-22(26(32)38-8-2)20(29-21)14-10-12-16(34-4)24(36-6)18(14)28/h9-12H,7-8H2,1-6H3. The maximum atomic E-state index is 13.1. The lowest BCUT2D eigenvalue weighted by Gasteiger charge is -2.18. The predicted molar refractivity (Wildman–Crippen MR) is 141 cm³/mol. The van der Waals surface area contributed by atoms with Crippen LogP contribution in [0.3, 0.4) is 0 Å². The molecule has 202 valence electrons. The van der Waals surface area contributed by atoms with E-state index in [1.807, 2.05) is 0 Å². The Bertz CT molecular complexity index is 1260. The molecule has 0 aliphatic rings. The molecule has 0 saturated carbocycles. The van der Waals surface area contributed by atoms with Crippen molar-refractivity contribution in [3.05, 3.63) is 45.7 Å². The molecule has 3 rings (SSSR count). The van der Waals surface area contributed by atoms with Crippen LogP contribution in [0.15, 0.2) is 24.3 Å². The van der Waals surface area contributed by atoms with Gasteiger partial charge in [-0.1, -0.05) is 23.2 Å². The van der Waals surface area contributed by atoms with Gasteiger partial charge in [-0.3, -0.25) is 0 Å². The van der Waals surface area contributed by atoms with E-state index < -0.39 is 11.9 Å². The number of carbonyl (C=O) groups is 2. The Kier molecular flexibility index (Phi) is 9.60. The van der Waals surface area contributed by atoms with Gasteiger partial charge in [-0.25, -0.2) is 19.6 Å². The highest BCUT2D eigenvalue weighted by Gasteiger charge is 2.30. The second kappa shape index (κ2) is 12.7. The van der Waals surface area contributed by atoms with E-state index in [0.717, 1.165) is 0 Å². The van der Waals surface area contributed by atoms with Crippen LogP contribution in [0.5, 0.6) is 23.0 Å². The molecular formula is C26H26Cl2N2O8. The maximum Gasteiger partial charge on any atom is 0.359 e. The van der Waals surface area contributed by atoms with Gasteiger partial charge >= 0.3 is 11.9 Å². The highest BCUT2D eigenvalue weighted by Crippen LogP contribution is 2.45. The monoisotopic (exact) mass is 564 g/mol. The minimum Gasteiger partial charge on any atom is -0.493 e. The SMILES string of the molecule is CCOC(=O)c1nc(-c2ccc(OC)c(OC)c2Cl)c(C(=O)OCC)nc1-c1ccc(OC)c(OC)c1Cl. The van der Waals surface area contributed by atoms with E-state index in [0.29, 0.717) is 11.5 Å². The third-order valence-electron chi connectivity index (χ3n) is 5.31. The van der Waals surface area contributed by atoms with Crippen LogP contribution in [0.4, 0.5) is 0 Å². The largest absolute Gasteiger partial charge is 0.493 e. The van der Waals surface area contributed by atoms with Gasteiger partial charge in [0, 0.05) is 11.1 Å². The highest BCUT2D eigenvalue weighted by molar-refractivity contribution is 6.36. The van der Waals surface area contributed by atoms with Gasteiger partial charge < -0.3 is 28.4 Å². The molecule has 0 radical (unpaired) electrons. The highest BCUT2D eigenvalue weighted by atomic mass is 35.5. The molecule has 1 heterocycles. The first-order chi connectivity index (χ1) is 18.3. The van der Waals surface area contributed by atoms with Crippen molar-refractivity contribution in [3.63, 3.8) is 0 Å². The average molecular weight is 565 g/mol. The van der Waals surface area contributed by atoms with Crippen molar-refractivity contribution < 1.29 is 38.0 Å². The van der Waals surface area contributed by atoms with E-state index >= 15 is 0 Å². The van der Waals surface area contributed by atoms with Crippen LogP contribution in [0.2, 0.25) is 10.0 Å². The van der Waals surface area contributed by atoms with Crippen molar-refractivity contribution in [3.8, 4) is 45.5 Å². The topological polar surface area (TPSA) is 115 Å². The molecule has 0 unspecified atom stereocenters. The first-order valence-corrected chi connectivity index (χ1v) is 12.1. The van der Waals surface area contributed by atoms with E-state index in [1.54, 1.807) is 38.1 Å². The first-order valence-electron chi connectivity index (χ1n) is 11.4. The summed E-state index contributed by atoms with van der Waals surface area (Å²) < 4.78 is 31.9. The number of benzene rings is 2. The molecule has 0 bridgehead atoms. The van der Waals surface area contributed by atoms with Crippen molar-refractivity contribution >= 4 is 35.1 Å². The molecule has 12 heteroatoms. The molecule has 0 fully saturated rings. The third kappa shape index (κ3) is 5.41. The van der Waals surface area contributed by atoms with Crippen molar-refractivity contribution in [2.24, 2.45) is 0 Å². The molecule has 1 aromatic heterocycles. The third-order valence-corrected chi connectivity index (χ3v) is 6.06. The molecular weight excluding hydrogens is 539 g/mol. The van der Waals surface area contributed by atoms with Gasteiger partial charge in [0.05, 0.1) is 51.7 Å². The molecule has 10 nitrogen and oxygen atoms in total. The molecule has 0 spiro atoms. The number of nitrogens with zero attached hydrogens (tertiary/aromatic N) is 2. The Morgan fingerprint density at radius 3 is 1.32 bits per heavy atom. The van der Waals surface area contributed by atoms with Crippen LogP contribution >= 0.6 is 23.2 Å². The lowest BCUT2D eigenvalue weighted by molar-refractivity contribution is 0.0502. The summed E-state index contributed by atoms with van der Waals surface area (Å²) in [5.74, 6) is -0.485. The van der Waals surface area contributed by atoms with Gasteiger partial charge in [0.15, 0.2) is 34.4 Å². The number of esters is 2. The van der Waals surface area contributed by atoms with Gasteiger partial charge in [0.25, 0.3) is 0 Å². The summed E-state index contributed by atoms with van der Waals surface area (Å²) in [7, 11) is 5.74. The smallest absolute Gasteiger partial charge is 0.359 e. The normalized spacial score (nSPS) is 10.5. The van der Waals surface area contributed by atoms with Crippen molar-refractivity contribution in [2.45, 2.75) is 13.8 Å². The van der Waals surface area contributed by atoms with Crippen LogP contribution in [0.1, 0.15) is 34.8 Å². The summed E-state index contributed by atoms with van der Waals surface area (Å²) in [5.41, 5.74) is 0.00565. The number of rotatable bonds is 10. The maximum absolute atomic E-state index is 13.1.